The number of rotatable bonds is 4. The number of benzene rings is 2. The van der Waals surface area contributed by atoms with E-state index in [-0.39, 0.29) is 17.3 Å². The summed E-state index contributed by atoms with van der Waals surface area (Å²) in [5.41, 5.74) is 2.07. The number of Topliss-reactive ketones (excluding diaryl/α,β-unsaturated/α-hetero) is 2. The van der Waals surface area contributed by atoms with Gasteiger partial charge in [-0.1, -0.05) is 30.7 Å². The Morgan fingerprint density at radius 1 is 1.00 bits per heavy atom. The zero-order valence-electron chi connectivity index (χ0n) is 17.0. The summed E-state index contributed by atoms with van der Waals surface area (Å²) in [4.78, 5) is 45.2. The molecule has 1 aliphatic carbocycles. The maximum absolute atomic E-state index is 13.3. The summed E-state index contributed by atoms with van der Waals surface area (Å²) in [5, 5.41) is 0. The van der Waals surface area contributed by atoms with Crippen molar-refractivity contribution in [3.05, 3.63) is 65.2 Å². The fraction of sp³-hybridized carbons (Fsp3) is 0.333. The lowest BCUT2D eigenvalue weighted by Crippen LogP contribution is -2.54. The van der Waals surface area contributed by atoms with Gasteiger partial charge in [0.25, 0.3) is 0 Å². The first-order chi connectivity index (χ1) is 14.6. The van der Waals surface area contributed by atoms with Crippen LogP contribution in [0.15, 0.2) is 53.5 Å². The summed E-state index contributed by atoms with van der Waals surface area (Å²) in [6, 6.07) is 12.9. The molecule has 154 valence electrons. The van der Waals surface area contributed by atoms with Crippen LogP contribution in [0.1, 0.15) is 57.3 Å². The number of aliphatic imine (C=N–C) groups is 1. The molecule has 4 rings (SSSR count). The van der Waals surface area contributed by atoms with Gasteiger partial charge in [0.2, 0.25) is 5.78 Å². The second kappa shape index (κ2) is 8.71. The number of carbonyl (C=O) groups excluding carboxylic acids is 3. The van der Waals surface area contributed by atoms with Crippen molar-refractivity contribution in [1.82, 2.24) is 4.90 Å². The molecule has 0 radical (unpaired) electrons. The Kier molecular flexibility index (Phi) is 5.86. The van der Waals surface area contributed by atoms with Crippen LogP contribution in [0.4, 0.5) is 5.69 Å². The summed E-state index contributed by atoms with van der Waals surface area (Å²) in [6.45, 7) is 3.60. The predicted molar refractivity (Wildman–Crippen MR) is 114 cm³/mol. The van der Waals surface area contributed by atoms with Gasteiger partial charge in [-0.05, 0) is 57.1 Å². The highest BCUT2D eigenvalue weighted by Crippen LogP contribution is 2.27. The summed E-state index contributed by atoms with van der Waals surface area (Å²) in [6.07, 6.45) is 3.13. The van der Waals surface area contributed by atoms with E-state index in [0.29, 0.717) is 29.0 Å². The quantitative estimate of drug-likeness (QED) is 0.723. The van der Waals surface area contributed by atoms with Gasteiger partial charge in [-0.2, -0.15) is 0 Å². The molecule has 1 unspecified atom stereocenters. The zero-order chi connectivity index (χ0) is 21.1. The number of hydrogen-bond donors (Lipinski definition) is 0. The number of carbonyl (C=O) groups is 3. The van der Waals surface area contributed by atoms with E-state index >= 15 is 0 Å². The average molecular weight is 404 g/mol. The minimum absolute atomic E-state index is 0.0750. The molecule has 6 nitrogen and oxygen atoms in total. The van der Waals surface area contributed by atoms with E-state index in [4.69, 9.17) is 4.74 Å². The van der Waals surface area contributed by atoms with Crippen molar-refractivity contribution in [3.8, 4) is 0 Å². The molecule has 0 N–H and O–H groups in total. The molecule has 0 amide bonds. The smallest absolute Gasteiger partial charge is 0.338 e. The van der Waals surface area contributed by atoms with E-state index in [2.05, 4.69) is 9.89 Å². The first-order valence-corrected chi connectivity index (χ1v) is 10.4. The summed E-state index contributed by atoms with van der Waals surface area (Å²) >= 11 is 0. The fourth-order valence-electron chi connectivity index (χ4n) is 4.08. The molecular formula is C24H24N2O4. The van der Waals surface area contributed by atoms with Crippen LogP contribution in [0.5, 0.6) is 0 Å². The van der Waals surface area contributed by atoms with Crippen LogP contribution in [0, 0.1) is 0 Å². The van der Waals surface area contributed by atoms with Crippen molar-refractivity contribution < 1.29 is 19.1 Å². The van der Waals surface area contributed by atoms with Crippen molar-refractivity contribution >= 4 is 28.9 Å². The summed E-state index contributed by atoms with van der Waals surface area (Å²) in [5.74, 6) is -0.690. The highest BCUT2D eigenvalue weighted by Gasteiger charge is 2.41. The van der Waals surface area contributed by atoms with Gasteiger partial charge in [0.15, 0.2) is 5.78 Å². The van der Waals surface area contributed by atoms with E-state index in [1.165, 1.54) is 0 Å². The molecule has 1 heterocycles. The van der Waals surface area contributed by atoms with Gasteiger partial charge in [-0.3, -0.25) is 14.5 Å². The Labute approximate surface area is 175 Å². The largest absolute Gasteiger partial charge is 0.462 e. The van der Waals surface area contributed by atoms with Crippen LogP contribution in [0.25, 0.3) is 0 Å². The highest BCUT2D eigenvalue weighted by atomic mass is 16.5. The molecule has 2 aromatic carbocycles. The van der Waals surface area contributed by atoms with E-state index in [1.54, 1.807) is 55.5 Å². The van der Waals surface area contributed by atoms with Crippen LogP contribution in [-0.4, -0.2) is 53.9 Å². The Morgan fingerprint density at radius 3 is 2.33 bits per heavy atom. The normalized spacial score (nSPS) is 20.8. The molecular weight excluding hydrogens is 380 g/mol. The van der Waals surface area contributed by atoms with E-state index in [0.717, 1.165) is 32.4 Å². The maximum Gasteiger partial charge on any atom is 0.338 e. The lowest BCUT2D eigenvalue weighted by Gasteiger charge is -2.36. The molecule has 1 saturated heterocycles. The Bertz CT molecular complexity index is 1000. The van der Waals surface area contributed by atoms with Gasteiger partial charge in [-0.15, -0.1) is 0 Å². The number of fused-ring (bicyclic) bond motifs is 1. The number of piperidine rings is 1. The Hall–Kier alpha value is -3.12. The predicted octanol–water partition coefficient (Wildman–Crippen LogP) is 3.87. The van der Waals surface area contributed by atoms with Crippen molar-refractivity contribution in [1.29, 1.82) is 0 Å². The SMILES string of the molecule is CCOC(=O)c1ccc(N=C2C(=O)c3ccccc3C(=O)C2N2CCCCC2)cc1. The molecule has 0 saturated carbocycles. The second-order valence-electron chi connectivity index (χ2n) is 7.50. The number of ether oxygens (including phenoxy) is 1. The fourth-order valence-corrected chi connectivity index (χ4v) is 4.08. The van der Waals surface area contributed by atoms with E-state index < -0.39 is 12.0 Å². The van der Waals surface area contributed by atoms with Gasteiger partial charge in [0, 0.05) is 11.1 Å². The lowest BCUT2D eigenvalue weighted by atomic mass is 9.83. The van der Waals surface area contributed by atoms with Gasteiger partial charge in [0.1, 0.15) is 11.8 Å². The van der Waals surface area contributed by atoms with Gasteiger partial charge >= 0.3 is 5.97 Å². The Balaban J connectivity index is 1.73. The van der Waals surface area contributed by atoms with Crippen LogP contribution in [0.2, 0.25) is 0 Å². The van der Waals surface area contributed by atoms with Crippen molar-refractivity contribution in [2.24, 2.45) is 4.99 Å². The highest BCUT2D eigenvalue weighted by molar-refractivity contribution is 6.55. The van der Waals surface area contributed by atoms with Gasteiger partial charge < -0.3 is 4.74 Å². The molecule has 30 heavy (non-hydrogen) atoms. The van der Waals surface area contributed by atoms with E-state index in [9.17, 15) is 14.4 Å². The second-order valence-corrected chi connectivity index (χ2v) is 7.50. The standard InChI is InChI=1S/C24H24N2O4/c1-2-30-24(29)16-10-12-17(13-11-16)25-20-21(26-14-6-3-7-15-26)23(28)19-9-5-4-8-18(19)22(20)27/h4-5,8-13,21H,2-3,6-7,14-15H2,1H3. The molecule has 1 atom stereocenters. The van der Waals surface area contributed by atoms with Gasteiger partial charge in [0.05, 0.1) is 17.9 Å². The minimum atomic E-state index is -0.669. The summed E-state index contributed by atoms with van der Waals surface area (Å²) < 4.78 is 5.00. The first-order valence-electron chi connectivity index (χ1n) is 10.4. The van der Waals surface area contributed by atoms with Crippen molar-refractivity contribution in [2.45, 2.75) is 32.2 Å². The molecule has 1 aliphatic heterocycles. The lowest BCUT2D eigenvalue weighted by molar-refractivity contribution is 0.0526. The first kappa shape index (κ1) is 20.2. The molecule has 0 spiro atoms. The zero-order valence-corrected chi connectivity index (χ0v) is 17.0. The van der Waals surface area contributed by atoms with E-state index in [1.807, 2.05) is 0 Å². The molecule has 2 aliphatic rings. The van der Waals surface area contributed by atoms with Crippen molar-refractivity contribution in [2.75, 3.05) is 19.7 Å². The number of likely N-dealkylation sites (tertiary alicyclic amines) is 1. The number of nitrogens with zero attached hydrogens (tertiary/aromatic N) is 2. The number of esters is 1. The average Bonchev–Trinajstić information content (AvgIpc) is 2.79. The van der Waals surface area contributed by atoms with Gasteiger partial charge in [-0.25, -0.2) is 9.79 Å². The molecule has 2 aromatic rings. The maximum atomic E-state index is 13.3. The third-order valence-electron chi connectivity index (χ3n) is 5.56. The molecule has 0 bridgehead atoms. The number of ketones is 2. The summed E-state index contributed by atoms with van der Waals surface area (Å²) in [7, 11) is 0. The number of hydrogen-bond acceptors (Lipinski definition) is 6. The molecule has 0 aromatic heterocycles. The van der Waals surface area contributed by atoms with Crippen LogP contribution in [-0.2, 0) is 4.74 Å². The third-order valence-corrected chi connectivity index (χ3v) is 5.56. The topological polar surface area (TPSA) is 76.0 Å². The monoisotopic (exact) mass is 404 g/mol. The van der Waals surface area contributed by atoms with Crippen molar-refractivity contribution in [3.63, 3.8) is 0 Å². The third kappa shape index (κ3) is 3.83. The van der Waals surface area contributed by atoms with Crippen LogP contribution in [0.3, 0.4) is 0 Å². The Morgan fingerprint density at radius 2 is 1.67 bits per heavy atom. The van der Waals surface area contributed by atoms with Crippen LogP contribution < -0.4 is 0 Å². The van der Waals surface area contributed by atoms with Crippen LogP contribution >= 0.6 is 0 Å². The minimum Gasteiger partial charge on any atom is -0.462 e. The molecule has 1 fully saturated rings. The molecule has 6 heteroatoms.